The molecule has 2 N–H and O–H groups in total. The minimum atomic E-state index is -1.09. The van der Waals surface area contributed by atoms with Gasteiger partial charge in [-0.25, -0.2) is 0 Å². The van der Waals surface area contributed by atoms with E-state index in [1.54, 1.807) is 30.3 Å². The first-order chi connectivity index (χ1) is 11.5. The Morgan fingerprint density at radius 2 is 1.83 bits per heavy atom. The molecule has 0 unspecified atom stereocenters. The molecule has 5 nitrogen and oxygen atoms in total. The van der Waals surface area contributed by atoms with Crippen LogP contribution in [0.2, 0.25) is 5.02 Å². The topological polar surface area (TPSA) is 75.6 Å². The number of halogens is 1. The van der Waals surface area contributed by atoms with Crippen LogP contribution in [0.4, 0.5) is 0 Å². The van der Waals surface area contributed by atoms with E-state index < -0.39 is 18.4 Å². The van der Waals surface area contributed by atoms with Crippen molar-refractivity contribution in [2.24, 2.45) is 0 Å². The van der Waals surface area contributed by atoms with Crippen molar-refractivity contribution in [2.45, 2.75) is 6.61 Å². The van der Waals surface area contributed by atoms with Gasteiger partial charge >= 0.3 is 5.97 Å². The third-order valence-corrected chi connectivity index (χ3v) is 3.44. The molecular weight excluding hydrogens is 330 g/mol. The van der Waals surface area contributed by atoms with Gasteiger partial charge in [-0.3, -0.25) is 9.59 Å². The van der Waals surface area contributed by atoms with Crippen LogP contribution in [0.1, 0.15) is 11.1 Å². The van der Waals surface area contributed by atoms with E-state index in [1.165, 1.54) is 6.08 Å². The fourth-order valence-electron chi connectivity index (χ4n) is 1.85. The monoisotopic (exact) mass is 345 g/mol. The van der Waals surface area contributed by atoms with Crippen LogP contribution in [0.3, 0.4) is 0 Å². The number of carbonyl (C=O) groups is 2. The maximum Gasteiger partial charge on any atom is 0.322 e. The van der Waals surface area contributed by atoms with E-state index in [0.29, 0.717) is 17.4 Å². The molecule has 24 heavy (non-hydrogen) atoms. The number of amides is 1. The molecule has 0 spiro atoms. The van der Waals surface area contributed by atoms with E-state index in [2.05, 4.69) is 5.32 Å². The second-order valence-electron chi connectivity index (χ2n) is 4.89. The fraction of sp³-hybridized carbons (Fsp3) is 0.111. The van der Waals surface area contributed by atoms with Crippen LogP contribution >= 0.6 is 11.6 Å². The summed E-state index contributed by atoms with van der Waals surface area (Å²) in [6.45, 7) is -0.0373. The molecule has 0 heterocycles. The molecule has 2 rings (SSSR count). The van der Waals surface area contributed by atoms with Crippen molar-refractivity contribution < 1.29 is 19.4 Å². The highest BCUT2D eigenvalue weighted by Crippen LogP contribution is 2.19. The van der Waals surface area contributed by atoms with Crippen LogP contribution in [0.5, 0.6) is 5.75 Å². The lowest BCUT2D eigenvalue weighted by atomic mass is 10.2. The number of rotatable bonds is 7. The number of hydrogen-bond acceptors (Lipinski definition) is 3. The standard InChI is InChI=1S/C18H16ClNO4/c19-16-4-2-1-3-14(16)12-24-15-8-5-13(6-9-15)7-10-17(21)20-11-18(22)23/h1-10H,11-12H2,(H,20,21)(H,22,23)/b10-7+. The van der Waals surface area contributed by atoms with Crippen LogP contribution < -0.4 is 10.1 Å². The number of ether oxygens (including phenoxy) is 1. The zero-order valence-electron chi connectivity index (χ0n) is 12.7. The summed E-state index contributed by atoms with van der Waals surface area (Å²) in [5.41, 5.74) is 1.70. The summed E-state index contributed by atoms with van der Waals surface area (Å²) in [7, 11) is 0. The van der Waals surface area contributed by atoms with Crippen LogP contribution in [-0.4, -0.2) is 23.5 Å². The Balaban J connectivity index is 1.87. The first-order valence-corrected chi connectivity index (χ1v) is 7.56. The second-order valence-corrected chi connectivity index (χ2v) is 5.30. The third-order valence-electron chi connectivity index (χ3n) is 3.07. The van der Waals surface area contributed by atoms with Crippen molar-refractivity contribution in [1.29, 1.82) is 0 Å². The minimum absolute atomic E-state index is 0.368. The van der Waals surface area contributed by atoms with Gasteiger partial charge in [0.25, 0.3) is 0 Å². The summed E-state index contributed by atoms with van der Waals surface area (Å²) in [5.74, 6) is -0.865. The quantitative estimate of drug-likeness (QED) is 0.756. The number of aliphatic carboxylic acids is 1. The average Bonchev–Trinajstić information content (AvgIpc) is 2.58. The normalized spacial score (nSPS) is 10.5. The van der Waals surface area contributed by atoms with Gasteiger partial charge in [-0.2, -0.15) is 0 Å². The number of carboxylic acid groups (broad SMARTS) is 1. The molecule has 2 aromatic rings. The third kappa shape index (κ3) is 5.78. The van der Waals surface area contributed by atoms with E-state index in [9.17, 15) is 9.59 Å². The number of nitrogens with one attached hydrogen (secondary N) is 1. The smallest absolute Gasteiger partial charge is 0.322 e. The van der Waals surface area contributed by atoms with Crippen LogP contribution in [0.25, 0.3) is 6.08 Å². The summed E-state index contributed by atoms with van der Waals surface area (Å²) < 4.78 is 5.67. The largest absolute Gasteiger partial charge is 0.489 e. The van der Waals surface area contributed by atoms with Crippen molar-refractivity contribution in [3.63, 3.8) is 0 Å². The van der Waals surface area contributed by atoms with Gasteiger partial charge in [-0.05, 0) is 29.8 Å². The molecule has 124 valence electrons. The molecule has 0 bridgehead atoms. The zero-order chi connectivity index (χ0) is 17.4. The molecule has 0 aromatic heterocycles. The van der Waals surface area contributed by atoms with Crippen molar-refractivity contribution >= 4 is 29.6 Å². The van der Waals surface area contributed by atoms with Gasteiger partial charge in [0.2, 0.25) is 5.91 Å². The van der Waals surface area contributed by atoms with E-state index in [1.807, 2.05) is 24.3 Å². The van der Waals surface area contributed by atoms with Gasteiger partial charge in [0.05, 0.1) is 0 Å². The van der Waals surface area contributed by atoms with Crippen molar-refractivity contribution in [3.05, 3.63) is 70.8 Å². The average molecular weight is 346 g/mol. The van der Waals surface area contributed by atoms with Crippen molar-refractivity contribution in [3.8, 4) is 5.75 Å². The molecule has 0 radical (unpaired) electrons. The lowest BCUT2D eigenvalue weighted by Crippen LogP contribution is -2.27. The SMILES string of the molecule is O=C(O)CNC(=O)/C=C/c1ccc(OCc2ccccc2Cl)cc1. The summed E-state index contributed by atoms with van der Waals surface area (Å²) in [6, 6.07) is 14.6. The molecule has 6 heteroatoms. The Labute approximate surface area is 144 Å². The first-order valence-electron chi connectivity index (χ1n) is 7.18. The van der Waals surface area contributed by atoms with E-state index >= 15 is 0 Å². The lowest BCUT2D eigenvalue weighted by molar-refractivity contribution is -0.137. The molecule has 1 amide bonds. The number of hydrogen-bond donors (Lipinski definition) is 2. The highest BCUT2D eigenvalue weighted by Gasteiger charge is 2.01. The Morgan fingerprint density at radius 1 is 1.12 bits per heavy atom. The Bertz CT molecular complexity index is 741. The molecule has 0 atom stereocenters. The molecule has 0 aliphatic carbocycles. The molecular formula is C18H16ClNO4. The van der Waals surface area contributed by atoms with Crippen LogP contribution in [-0.2, 0) is 16.2 Å². The molecule has 0 aliphatic rings. The van der Waals surface area contributed by atoms with Gasteiger partial charge in [0.15, 0.2) is 0 Å². The van der Waals surface area contributed by atoms with Crippen LogP contribution in [0, 0.1) is 0 Å². The maximum absolute atomic E-state index is 11.4. The Hall–Kier alpha value is -2.79. The molecule has 0 fully saturated rings. The summed E-state index contributed by atoms with van der Waals surface area (Å²) in [5, 5.41) is 11.4. The van der Waals surface area contributed by atoms with Gasteiger partial charge in [-0.15, -0.1) is 0 Å². The van der Waals surface area contributed by atoms with Gasteiger partial charge < -0.3 is 15.2 Å². The second kappa shape index (κ2) is 8.74. The van der Waals surface area contributed by atoms with Gasteiger partial charge in [0, 0.05) is 16.7 Å². The minimum Gasteiger partial charge on any atom is -0.489 e. The number of carbonyl (C=O) groups excluding carboxylic acids is 1. The van der Waals surface area contributed by atoms with E-state index in [4.69, 9.17) is 21.4 Å². The molecule has 0 saturated heterocycles. The zero-order valence-corrected chi connectivity index (χ0v) is 13.5. The van der Waals surface area contributed by atoms with Crippen molar-refractivity contribution in [1.82, 2.24) is 5.32 Å². The van der Waals surface area contributed by atoms with E-state index in [0.717, 1.165) is 11.1 Å². The van der Waals surface area contributed by atoms with Crippen molar-refractivity contribution in [2.75, 3.05) is 6.54 Å². The predicted molar refractivity (Wildman–Crippen MR) is 91.9 cm³/mol. The Morgan fingerprint density at radius 3 is 2.50 bits per heavy atom. The first kappa shape index (κ1) is 17.6. The predicted octanol–water partition coefficient (Wildman–Crippen LogP) is 3.13. The van der Waals surface area contributed by atoms with Gasteiger partial charge in [-0.1, -0.05) is 41.9 Å². The highest BCUT2D eigenvalue weighted by atomic mass is 35.5. The number of benzene rings is 2. The Kier molecular flexibility index (Phi) is 6.40. The van der Waals surface area contributed by atoms with Gasteiger partial charge in [0.1, 0.15) is 18.9 Å². The summed E-state index contributed by atoms with van der Waals surface area (Å²) in [6.07, 6.45) is 2.87. The summed E-state index contributed by atoms with van der Waals surface area (Å²) in [4.78, 5) is 21.7. The molecule has 0 saturated carbocycles. The van der Waals surface area contributed by atoms with E-state index in [-0.39, 0.29) is 0 Å². The number of carboxylic acids is 1. The molecule has 2 aromatic carbocycles. The lowest BCUT2D eigenvalue weighted by Gasteiger charge is -2.07. The summed E-state index contributed by atoms with van der Waals surface area (Å²) >= 11 is 6.07. The maximum atomic E-state index is 11.4. The molecule has 0 aliphatic heterocycles. The fourth-order valence-corrected chi connectivity index (χ4v) is 2.04. The highest BCUT2D eigenvalue weighted by molar-refractivity contribution is 6.31. The van der Waals surface area contributed by atoms with Crippen LogP contribution in [0.15, 0.2) is 54.6 Å².